The van der Waals surface area contributed by atoms with Gasteiger partial charge in [-0.15, -0.1) is 0 Å². The summed E-state index contributed by atoms with van der Waals surface area (Å²) in [6.07, 6.45) is -0.360. The molecule has 23 heavy (non-hydrogen) atoms. The predicted molar refractivity (Wildman–Crippen MR) is 77.0 cm³/mol. The maximum Gasteiger partial charge on any atom is 0.305 e. The molecule has 2 atom stereocenters. The molecule has 0 saturated heterocycles. The number of esters is 1. The number of hydrogen-bond acceptors (Lipinski definition) is 8. The lowest BCUT2D eigenvalue weighted by atomic mass is 9.97. The second kappa shape index (κ2) is 9.49. The molecule has 0 aliphatic carbocycles. The number of nitriles is 2. The van der Waals surface area contributed by atoms with E-state index in [-0.39, 0.29) is 38.9 Å². The van der Waals surface area contributed by atoms with Crippen LogP contribution in [-0.4, -0.2) is 46.4 Å². The van der Waals surface area contributed by atoms with Crippen LogP contribution in [0.3, 0.4) is 0 Å². The van der Waals surface area contributed by atoms with Crippen LogP contribution in [0.1, 0.15) is 39.5 Å². The summed E-state index contributed by atoms with van der Waals surface area (Å²) >= 11 is 0. The number of rotatable bonds is 10. The number of carboxylic acids is 1. The Balaban J connectivity index is 4.81. The van der Waals surface area contributed by atoms with E-state index < -0.39 is 23.0 Å². The van der Waals surface area contributed by atoms with Crippen molar-refractivity contribution in [3.8, 4) is 12.1 Å². The number of aliphatic hydroxyl groups is 1. The van der Waals surface area contributed by atoms with Crippen molar-refractivity contribution in [3.05, 3.63) is 0 Å². The minimum absolute atomic E-state index is 0.0255. The summed E-state index contributed by atoms with van der Waals surface area (Å²) in [5, 5.41) is 43.2. The highest BCUT2D eigenvalue weighted by Crippen LogP contribution is 2.23. The zero-order valence-electron chi connectivity index (χ0n) is 13.2. The van der Waals surface area contributed by atoms with Crippen LogP contribution in [0.15, 0.2) is 10.2 Å². The van der Waals surface area contributed by atoms with Crippen molar-refractivity contribution in [3.63, 3.8) is 0 Å². The molecule has 0 rings (SSSR count). The molecule has 126 valence electrons. The van der Waals surface area contributed by atoms with Gasteiger partial charge in [0.05, 0.1) is 18.7 Å². The molecule has 0 radical (unpaired) electrons. The molecule has 0 aliphatic heterocycles. The number of aliphatic carboxylic acids is 1. The molecule has 9 nitrogen and oxygen atoms in total. The van der Waals surface area contributed by atoms with E-state index >= 15 is 0 Å². The topological polar surface area (TPSA) is 156 Å². The van der Waals surface area contributed by atoms with Gasteiger partial charge >= 0.3 is 11.9 Å². The summed E-state index contributed by atoms with van der Waals surface area (Å²) in [6, 6.07) is 3.78. The number of carbonyl (C=O) groups is 2. The number of hydrogen-bond donors (Lipinski definition) is 2. The third kappa shape index (κ3) is 8.49. The van der Waals surface area contributed by atoms with E-state index in [1.165, 1.54) is 13.8 Å². The van der Waals surface area contributed by atoms with Crippen LogP contribution in [0, 0.1) is 22.7 Å². The van der Waals surface area contributed by atoms with Gasteiger partial charge in [-0.05, 0) is 26.7 Å². The van der Waals surface area contributed by atoms with Gasteiger partial charge in [0.1, 0.15) is 6.61 Å². The first-order valence-corrected chi connectivity index (χ1v) is 6.95. The lowest BCUT2D eigenvalue weighted by molar-refractivity contribution is -0.145. The second-order valence-electron chi connectivity index (χ2n) is 5.31. The minimum Gasteiger partial charge on any atom is -0.481 e. The molecule has 0 saturated carbocycles. The van der Waals surface area contributed by atoms with Crippen molar-refractivity contribution in [1.82, 2.24) is 0 Å². The van der Waals surface area contributed by atoms with E-state index in [9.17, 15) is 14.9 Å². The van der Waals surface area contributed by atoms with Gasteiger partial charge in [0, 0.05) is 12.8 Å². The van der Waals surface area contributed by atoms with Crippen molar-refractivity contribution in [1.29, 1.82) is 10.5 Å². The summed E-state index contributed by atoms with van der Waals surface area (Å²) in [5.74, 6) is -1.64. The second-order valence-corrected chi connectivity index (χ2v) is 5.31. The summed E-state index contributed by atoms with van der Waals surface area (Å²) < 4.78 is 4.67. The van der Waals surface area contributed by atoms with E-state index in [4.69, 9.17) is 15.5 Å². The van der Waals surface area contributed by atoms with Crippen LogP contribution in [0.2, 0.25) is 0 Å². The standard InChI is InChI=1S/C14H20N4O5/c1-13(9-15,5-3-11(20)21)17-18-14(2,10-16)6-4-12(22)23-8-7-19/h19H,3-8H2,1-2H3,(H,20,21)/b18-17+. The molecule has 0 aromatic heterocycles. The van der Waals surface area contributed by atoms with Gasteiger partial charge in [0.15, 0.2) is 11.1 Å². The average molecular weight is 324 g/mol. The maximum absolute atomic E-state index is 11.4. The minimum atomic E-state index is -1.35. The molecule has 0 aromatic rings. The highest BCUT2D eigenvalue weighted by Gasteiger charge is 2.29. The number of nitrogens with zero attached hydrogens (tertiary/aromatic N) is 4. The van der Waals surface area contributed by atoms with E-state index in [0.29, 0.717) is 0 Å². The molecule has 0 aliphatic rings. The number of aliphatic hydroxyl groups excluding tert-OH is 1. The Bertz CT molecular complexity index is 536. The van der Waals surface area contributed by atoms with E-state index in [1.807, 2.05) is 12.1 Å². The van der Waals surface area contributed by atoms with Gasteiger partial charge in [0.25, 0.3) is 0 Å². The van der Waals surface area contributed by atoms with E-state index in [2.05, 4.69) is 15.0 Å². The number of carbonyl (C=O) groups excluding carboxylic acids is 1. The fourth-order valence-corrected chi connectivity index (χ4v) is 1.40. The summed E-state index contributed by atoms with van der Waals surface area (Å²) in [6.45, 7) is 2.47. The summed E-state index contributed by atoms with van der Waals surface area (Å²) in [4.78, 5) is 21.9. The first-order valence-electron chi connectivity index (χ1n) is 6.95. The van der Waals surface area contributed by atoms with Gasteiger partial charge in [-0.3, -0.25) is 9.59 Å². The van der Waals surface area contributed by atoms with E-state index in [0.717, 1.165) is 0 Å². The van der Waals surface area contributed by atoms with Crippen LogP contribution in [0.4, 0.5) is 0 Å². The van der Waals surface area contributed by atoms with Gasteiger partial charge < -0.3 is 14.9 Å². The third-order valence-corrected chi connectivity index (χ3v) is 2.97. The quantitative estimate of drug-likeness (QED) is 0.451. The normalized spacial score (nSPS) is 15.9. The molecular formula is C14H20N4O5. The van der Waals surface area contributed by atoms with Crippen LogP contribution < -0.4 is 0 Å². The Morgan fingerprint density at radius 1 is 1.09 bits per heavy atom. The zero-order chi connectivity index (χ0) is 17.9. The van der Waals surface area contributed by atoms with Crippen molar-refractivity contribution in [2.45, 2.75) is 50.6 Å². The van der Waals surface area contributed by atoms with Crippen molar-refractivity contribution in [2.75, 3.05) is 13.2 Å². The van der Waals surface area contributed by atoms with Gasteiger partial charge in [0.2, 0.25) is 0 Å². The van der Waals surface area contributed by atoms with Crippen molar-refractivity contribution >= 4 is 11.9 Å². The van der Waals surface area contributed by atoms with Crippen LogP contribution in [0.25, 0.3) is 0 Å². The molecule has 2 unspecified atom stereocenters. The number of azo groups is 1. The van der Waals surface area contributed by atoms with Gasteiger partial charge in [-0.25, -0.2) is 0 Å². The fourth-order valence-electron chi connectivity index (χ4n) is 1.40. The average Bonchev–Trinajstić information content (AvgIpc) is 2.54. The first kappa shape index (κ1) is 20.5. The van der Waals surface area contributed by atoms with Crippen molar-refractivity contribution < 1.29 is 24.5 Å². The van der Waals surface area contributed by atoms with Gasteiger partial charge in [-0.1, -0.05) is 0 Å². The Morgan fingerprint density at radius 2 is 1.57 bits per heavy atom. The molecule has 0 spiro atoms. The highest BCUT2D eigenvalue weighted by molar-refractivity contribution is 5.69. The third-order valence-electron chi connectivity index (χ3n) is 2.97. The maximum atomic E-state index is 11.4. The Labute approximate surface area is 134 Å². The fraction of sp³-hybridized carbons (Fsp3) is 0.714. The van der Waals surface area contributed by atoms with Crippen LogP contribution in [-0.2, 0) is 14.3 Å². The monoisotopic (exact) mass is 324 g/mol. The number of carboxylic acid groups (broad SMARTS) is 1. The Kier molecular flexibility index (Phi) is 8.45. The molecule has 0 bridgehead atoms. The lowest BCUT2D eigenvalue weighted by Crippen LogP contribution is -2.25. The Morgan fingerprint density at radius 3 is 1.96 bits per heavy atom. The smallest absolute Gasteiger partial charge is 0.305 e. The molecule has 9 heteroatoms. The van der Waals surface area contributed by atoms with Crippen LogP contribution >= 0.6 is 0 Å². The zero-order valence-corrected chi connectivity index (χ0v) is 13.2. The molecular weight excluding hydrogens is 304 g/mol. The largest absolute Gasteiger partial charge is 0.481 e. The van der Waals surface area contributed by atoms with Crippen LogP contribution in [0.5, 0.6) is 0 Å². The van der Waals surface area contributed by atoms with Gasteiger partial charge in [-0.2, -0.15) is 20.8 Å². The molecule has 0 aromatic carbocycles. The SMILES string of the molecule is CC(C#N)(CCC(=O)O)/N=N/C(C)(C#N)CCC(=O)OCCO. The van der Waals surface area contributed by atoms with Crippen molar-refractivity contribution in [2.24, 2.45) is 10.2 Å². The molecule has 0 amide bonds. The number of ether oxygens (including phenoxy) is 1. The summed E-state index contributed by atoms with van der Waals surface area (Å²) in [5.41, 5.74) is -2.69. The summed E-state index contributed by atoms with van der Waals surface area (Å²) in [7, 11) is 0. The predicted octanol–water partition coefficient (Wildman–Crippen LogP) is 1.18. The highest BCUT2D eigenvalue weighted by atomic mass is 16.5. The Hall–Kier alpha value is -2.52. The molecule has 2 N–H and O–H groups in total. The molecule has 0 fully saturated rings. The van der Waals surface area contributed by atoms with E-state index in [1.54, 1.807) is 0 Å². The first-order chi connectivity index (χ1) is 10.7. The lowest BCUT2D eigenvalue weighted by Gasteiger charge is -2.18. The molecule has 0 heterocycles.